The number of rotatable bonds is 4. The molecule has 124 valence electrons. The van der Waals surface area contributed by atoms with Crippen LogP contribution in [0.4, 0.5) is 14.4 Å². The van der Waals surface area contributed by atoms with E-state index < -0.39 is 48.3 Å². The zero-order valence-electron chi connectivity index (χ0n) is 12.2. The lowest BCUT2D eigenvalue weighted by Crippen LogP contribution is -2.46. The number of primary amides is 2. The molecule has 0 aliphatic carbocycles. The van der Waals surface area contributed by atoms with Crippen molar-refractivity contribution in [1.29, 1.82) is 0 Å². The van der Waals surface area contributed by atoms with Crippen molar-refractivity contribution in [3.05, 3.63) is 0 Å². The summed E-state index contributed by atoms with van der Waals surface area (Å²) in [5.41, 5.74) is 8.41. The van der Waals surface area contributed by atoms with Crippen LogP contribution in [0, 0.1) is 0 Å². The molecule has 0 rings (SSSR count). The standard InChI is InChI=1S/C11H17N3O8/c1-11(2,3)22-10(19)14-5(7(16)21-9(13)18)4-6(15)20-8(12)17/h5H,4H2,1-3H3,(H2,12,17)(H2,13,18)(H,14,19). The van der Waals surface area contributed by atoms with Crippen LogP contribution >= 0.6 is 0 Å². The Kier molecular flexibility index (Phi) is 6.80. The summed E-state index contributed by atoms with van der Waals surface area (Å²) < 4.78 is 12.9. The highest BCUT2D eigenvalue weighted by atomic mass is 16.6. The van der Waals surface area contributed by atoms with Gasteiger partial charge in [-0.1, -0.05) is 0 Å². The molecule has 0 aromatic heterocycles. The first-order chi connectivity index (χ1) is 9.90. The predicted molar refractivity (Wildman–Crippen MR) is 69.1 cm³/mol. The van der Waals surface area contributed by atoms with Gasteiger partial charge in [-0.25, -0.2) is 19.2 Å². The molecule has 22 heavy (non-hydrogen) atoms. The summed E-state index contributed by atoms with van der Waals surface area (Å²) >= 11 is 0. The molecular weight excluding hydrogens is 302 g/mol. The molecule has 0 aromatic carbocycles. The second kappa shape index (κ2) is 7.81. The van der Waals surface area contributed by atoms with Crippen molar-refractivity contribution in [2.45, 2.75) is 38.8 Å². The molecule has 0 aromatic rings. The van der Waals surface area contributed by atoms with Crippen LogP contribution in [0.25, 0.3) is 0 Å². The van der Waals surface area contributed by atoms with Crippen LogP contribution in [0.1, 0.15) is 27.2 Å². The smallest absolute Gasteiger partial charge is 0.412 e. The minimum absolute atomic E-state index is 0.825. The van der Waals surface area contributed by atoms with E-state index in [1.807, 2.05) is 5.32 Å². The van der Waals surface area contributed by atoms with Gasteiger partial charge in [0.2, 0.25) is 0 Å². The van der Waals surface area contributed by atoms with Crippen molar-refractivity contribution in [1.82, 2.24) is 5.32 Å². The summed E-state index contributed by atoms with van der Waals surface area (Å²) in [6.45, 7) is 4.68. The average molecular weight is 319 g/mol. The van der Waals surface area contributed by atoms with Crippen molar-refractivity contribution >= 4 is 30.2 Å². The van der Waals surface area contributed by atoms with E-state index in [2.05, 4.69) is 20.9 Å². The third-order valence-corrected chi connectivity index (χ3v) is 1.76. The molecule has 3 amide bonds. The van der Waals surface area contributed by atoms with Gasteiger partial charge in [-0.05, 0) is 20.8 Å². The van der Waals surface area contributed by atoms with Crippen LogP contribution < -0.4 is 16.8 Å². The minimum atomic E-state index is -1.66. The largest absolute Gasteiger partial charge is 0.444 e. The predicted octanol–water partition coefficient (Wildman–Crippen LogP) is -0.486. The van der Waals surface area contributed by atoms with E-state index in [1.54, 1.807) is 20.8 Å². The first kappa shape index (κ1) is 19.1. The number of amides is 3. The zero-order valence-corrected chi connectivity index (χ0v) is 12.2. The lowest BCUT2D eigenvalue weighted by atomic mass is 10.2. The molecule has 11 nitrogen and oxygen atoms in total. The van der Waals surface area contributed by atoms with E-state index in [4.69, 9.17) is 4.74 Å². The summed E-state index contributed by atoms with van der Waals surface area (Å²) in [5, 5.41) is 1.99. The third kappa shape index (κ3) is 9.12. The van der Waals surface area contributed by atoms with E-state index >= 15 is 0 Å². The van der Waals surface area contributed by atoms with Crippen molar-refractivity contribution in [3.63, 3.8) is 0 Å². The Bertz CT molecular complexity index is 482. The van der Waals surface area contributed by atoms with Crippen LogP contribution in [-0.4, -0.2) is 41.9 Å². The molecule has 0 radical (unpaired) electrons. The van der Waals surface area contributed by atoms with Crippen molar-refractivity contribution in [3.8, 4) is 0 Å². The van der Waals surface area contributed by atoms with E-state index in [0.717, 1.165) is 0 Å². The highest BCUT2D eigenvalue weighted by Crippen LogP contribution is 2.08. The van der Waals surface area contributed by atoms with E-state index in [0.29, 0.717) is 0 Å². The second-order valence-electron chi connectivity index (χ2n) is 4.94. The summed E-state index contributed by atoms with van der Waals surface area (Å²) in [6, 6.07) is -1.66. The number of hydrogen-bond donors (Lipinski definition) is 3. The Hall–Kier alpha value is -2.85. The number of carbonyl (C=O) groups excluding carboxylic acids is 5. The van der Waals surface area contributed by atoms with Crippen LogP contribution in [0.3, 0.4) is 0 Å². The van der Waals surface area contributed by atoms with Gasteiger partial charge in [0.15, 0.2) is 0 Å². The summed E-state index contributed by atoms with van der Waals surface area (Å²) in [5.74, 6) is -2.56. The van der Waals surface area contributed by atoms with Gasteiger partial charge < -0.3 is 31.0 Å². The normalized spacial score (nSPS) is 11.8. The number of alkyl carbamates (subject to hydrolysis) is 1. The molecule has 0 saturated heterocycles. The maximum atomic E-state index is 11.6. The number of nitrogens with two attached hydrogens (primary N) is 2. The monoisotopic (exact) mass is 319 g/mol. The van der Waals surface area contributed by atoms with Crippen molar-refractivity contribution in [2.24, 2.45) is 11.5 Å². The number of hydrogen-bond acceptors (Lipinski definition) is 8. The minimum Gasteiger partial charge on any atom is -0.444 e. The van der Waals surface area contributed by atoms with E-state index in [1.165, 1.54) is 0 Å². The maximum Gasteiger partial charge on any atom is 0.412 e. The Morgan fingerprint density at radius 3 is 1.91 bits per heavy atom. The van der Waals surface area contributed by atoms with E-state index in [9.17, 15) is 24.0 Å². The highest BCUT2D eigenvalue weighted by Gasteiger charge is 2.30. The van der Waals surface area contributed by atoms with Crippen LogP contribution in [0.15, 0.2) is 0 Å². The van der Waals surface area contributed by atoms with Gasteiger partial charge in [-0.3, -0.25) is 4.79 Å². The molecule has 0 fully saturated rings. The van der Waals surface area contributed by atoms with Crippen molar-refractivity contribution < 1.29 is 38.2 Å². The molecule has 0 bridgehead atoms. The fourth-order valence-electron chi connectivity index (χ4n) is 1.13. The summed E-state index contributed by atoms with van der Waals surface area (Å²) in [6.07, 6.45) is -4.73. The van der Waals surface area contributed by atoms with E-state index in [-0.39, 0.29) is 0 Å². The van der Waals surface area contributed by atoms with Gasteiger partial charge in [-0.2, -0.15) is 0 Å². The van der Waals surface area contributed by atoms with Gasteiger partial charge in [0.05, 0.1) is 6.42 Å². The highest BCUT2D eigenvalue weighted by molar-refractivity contribution is 5.93. The van der Waals surface area contributed by atoms with Gasteiger partial charge in [0.1, 0.15) is 11.6 Å². The Morgan fingerprint density at radius 1 is 1.00 bits per heavy atom. The molecule has 0 saturated carbocycles. The SMILES string of the molecule is CC(C)(C)OC(=O)NC(CC(=O)OC(N)=O)C(=O)OC(N)=O. The van der Waals surface area contributed by atoms with Gasteiger partial charge in [0.25, 0.3) is 0 Å². The molecule has 0 aliphatic heterocycles. The lowest BCUT2D eigenvalue weighted by Gasteiger charge is -2.22. The summed E-state index contributed by atoms with van der Waals surface area (Å²) in [7, 11) is 0. The molecule has 5 N–H and O–H groups in total. The topological polar surface area (TPSA) is 177 Å². The van der Waals surface area contributed by atoms with Gasteiger partial charge in [0, 0.05) is 0 Å². The first-order valence-electron chi connectivity index (χ1n) is 5.91. The zero-order chi connectivity index (χ0) is 17.5. The molecule has 0 heterocycles. The molecule has 1 atom stereocenters. The van der Waals surface area contributed by atoms with Crippen LogP contribution in [0.5, 0.6) is 0 Å². The van der Waals surface area contributed by atoms with Gasteiger partial charge >= 0.3 is 30.2 Å². The maximum absolute atomic E-state index is 11.6. The van der Waals surface area contributed by atoms with Crippen LogP contribution in [0.2, 0.25) is 0 Å². The molecule has 1 unspecified atom stereocenters. The molecule has 0 aliphatic rings. The first-order valence-corrected chi connectivity index (χ1v) is 5.91. The Morgan fingerprint density at radius 2 is 1.50 bits per heavy atom. The lowest BCUT2D eigenvalue weighted by molar-refractivity contribution is -0.145. The van der Waals surface area contributed by atoms with Crippen molar-refractivity contribution in [2.75, 3.05) is 0 Å². The average Bonchev–Trinajstić information content (AvgIpc) is 2.22. The number of nitrogens with one attached hydrogen (secondary N) is 1. The number of esters is 2. The third-order valence-electron chi connectivity index (χ3n) is 1.76. The fourth-order valence-corrected chi connectivity index (χ4v) is 1.13. The fraction of sp³-hybridized carbons (Fsp3) is 0.545. The molecule has 11 heteroatoms. The van der Waals surface area contributed by atoms with Gasteiger partial charge in [-0.15, -0.1) is 0 Å². The van der Waals surface area contributed by atoms with Crippen LogP contribution in [-0.2, 0) is 23.8 Å². The Balaban J connectivity index is 4.89. The number of ether oxygens (including phenoxy) is 3. The number of carbonyl (C=O) groups is 5. The molecular formula is C11H17N3O8. The second-order valence-corrected chi connectivity index (χ2v) is 4.94. The Labute approximate surface area is 125 Å². The summed E-state index contributed by atoms with van der Waals surface area (Å²) in [4.78, 5) is 55.4. The molecule has 0 spiro atoms. The quantitative estimate of drug-likeness (QED) is 0.353.